The number of aryl methyl sites for hydroxylation is 1. The van der Waals surface area contributed by atoms with E-state index in [0.717, 1.165) is 11.2 Å². The molecule has 3 aromatic rings. The molecule has 2 aromatic carbocycles. The summed E-state index contributed by atoms with van der Waals surface area (Å²) < 4.78 is 121. The Morgan fingerprint density at radius 1 is 0.913 bits per heavy atom. The third-order valence-corrected chi connectivity index (χ3v) is 9.57. The first kappa shape index (κ1) is 35.1. The van der Waals surface area contributed by atoms with Crippen LogP contribution in [0.1, 0.15) is 43.0 Å². The van der Waals surface area contributed by atoms with E-state index >= 15 is 0 Å². The second-order valence-electron chi connectivity index (χ2n) is 12.0. The van der Waals surface area contributed by atoms with Gasteiger partial charge in [-0.05, 0) is 80.8 Å². The number of hydrogen-bond donors (Lipinski definition) is 0. The number of hydrogen-bond acceptors (Lipinski definition) is 5. The summed E-state index contributed by atoms with van der Waals surface area (Å²) in [5.41, 5.74) is -3.90. The Kier molecular flexibility index (Phi) is 9.27. The van der Waals surface area contributed by atoms with E-state index in [9.17, 15) is 43.9 Å². The van der Waals surface area contributed by atoms with E-state index in [1.807, 2.05) is 4.90 Å². The topological polar surface area (TPSA) is 73.8 Å². The molecule has 1 fully saturated rings. The summed E-state index contributed by atoms with van der Waals surface area (Å²) in [4.78, 5) is 21.4. The van der Waals surface area contributed by atoms with Gasteiger partial charge < -0.3 is 9.80 Å². The van der Waals surface area contributed by atoms with Gasteiger partial charge in [-0.25, -0.2) is 17.8 Å². The Balaban J connectivity index is 1.80. The van der Waals surface area contributed by atoms with Crippen molar-refractivity contribution in [1.29, 1.82) is 0 Å². The number of likely N-dealkylation sites (N-methyl/N-ethyl adjacent to an activating group) is 1. The maximum atomic E-state index is 14.1. The third kappa shape index (κ3) is 7.14. The SMILES string of the molecule is Cc1cc(F)ccc1-c1cc(N2CCN(S(C)(=O)=O)[C@H](C)C2)ncc1N(C)C(=O)C(C)(C)c1cc(C(F)(F)F)cc(C(F)(F)F)c1. The zero-order valence-electron chi connectivity index (χ0n) is 25.9. The molecule has 15 heteroatoms. The number of sulfonamides is 1. The molecule has 250 valence electrons. The Hall–Kier alpha value is -3.72. The van der Waals surface area contributed by atoms with Gasteiger partial charge in [-0.3, -0.25) is 4.79 Å². The molecule has 4 rings (SSSR count). The van der Waals surface area contributed by atoms with Crippen LogP contribution in [0.3, 0.4) is 0 Å². The quantitative estimate of drug-likeness (QED) is 0.274. The van der Waals surface area contributed by atoms with Gasteiger partial charge in [0.15, 0.2) is 0 Å². The zero-order valence-corrected chi connectivity index (χ0v) is 26.7. The van der Waals surface area contributed by atoms with E-state index in [2.05, 4.69) is 4.98 Å². The molecule has 46 heavy (non-hydrogen) atoms. The monoisotopic (exact) mass is 674 g/mol. The van der Waals surface area contributed by atoms with Crippen LogP contribution in [-0.4, -0.2) is 62.6 Å². The van der Waals surface area contributed by atoms with Crippen LogP contribution in [0.15, 0.2) is 48.7 Å². The number of alkyl halides is 6. The summed E-state index contributed by atoms with van der Waals surface area (Å²) in [7, 11) is -2.12. The van der Waals surface area contributed by atoms with Crippen LogP contribution >= 0.6 is 0 Å². The molecule has 0 radical (unpaired) electrons. The fraction of sp³-hybridized carbons (Fsp3) is 0.419. The van der Waals surface area contributed by atoms with Crippen molar-refractivity contribution in [2.75, 3.05) is 42.7 Å². The fourth-order valence-corrected chi connectivity index (χ4v) is 6.77. The lowest BCUT2D eigenvalue weighted by Crippen LogP contribution is -2.53. The maximum absolute atomic E-state index is 14.1. The average molecular weight is 675 g/mol. The number of anilines is 2. The van der Waals surface area contributed by atoms with Crippen molar-refractivity contribution in [3.63, 3.8) is 0 Å². The lowest BCUT2D eigenvalue weighted by Gasteiger charge is -2.39. The number of carbonyl (C=O) groups excluding carboxylic acids is 1. The molecule has 1 aliphatic heterocycles. The van der Waals surface area contributed by atoms with Gasteiger partial charge >= 0.3 is 12.4 Å². The van der Waals surface area contributed by atoms with Crippen molar-refractivity contribution in [3.05, 3.63) is 76.7 Å². The van der Waals surface area contributed by atoms with Crippen molar-refractivity contribution in [2.45, 2.75) is 51.5 Å². The van der Waals surface area contributed by atoms with Gasteiger partial charge in [-0.15, -0.1) is 0 Å². The van der Waals surface area contributed by atoms with E-state index in [4.69, 9.17) is 0 Å². The van der Waals surface area contributed by atoms with Crippen molar-refractivity contribution in [3.8, 4) is 11.1 Å². The minimum absolute atomic E-state index is 0.00241. The number of nitrogens with zero attached hydrogens (tertiary/aromatic N) is 4. The molecule has 0 N–H and O–H groups in total. The number of benzene rings is 2. The molecule has 0 spiro atoms. The van der Waals surface area contributed by atoms with Crippen LogP contribution in [0, 0.1) is 12.7 Å². The number of rotatable bonds is 6. The smallest absolute Gasteiger partial charge is 0.354 e. The van der Waals surface area contributed by atoms with Crippen molar-refractivity contribution >= 4 is 27.4 Å². The Bertz CT molecular complexity index is 1730. The first-order valence-corrected chi connectivity index (χ1v) is 15.9. The minimum atomic E-state index is -5.10. The molecule has 1 aliphatic rings. The number of amides is 1. The van der Waals surface area contributed by atoms with E-state index in [1.54, 1.807) is 19.9 Å². The highest BCUT2D eigenvalue weighted by Gasteiger charge is 2.41. The van der Waals surface area contributed by atoms with Gasteiger partial charge in [0.05, 0.1) is 34.7 Å². The van der Waals surface area contributed by atoms with Gasteiger partial charge in [0, 0.05) is 38.3 Å². The lowest BCUT2D eigenvalue weighted by atomic mass is 9.81. The van der Waals surface area contributed by atoms with Gasteiger partial charge in [-0.2, -0.15) is 30.6 Å². The lowest BCUT2D eigenvalue weighted by molar-refractivity contribution is -0.143. The first-order chi connectivity index (χ1) is 21.0. The predicted octanol–water partition coefficient (Wildman–Crippen LogP) is 6.64. The molecule has 2 heterocycles. The Morgan fingerprint density at radius 3 is 1.98 bits per heavy atom. The fourth-order valence-electron chi connectivity index (χ4n) is 5.63. The molecule has 7 nitrogen and oxygen atoms in total. The molecular formula is C31H33F7N4O3S. The van der Waals surface area contributed by atoms with Crippen LogP contribution in [-0.2, 0) is 32.6 Å². The predicted molar refractivity (Wildman–Crippen MR) is 160 cm³/mol. The Labute approximate surface area is 262 Å². The summed E-state index contributed by atoms with van der Waals surface area (Å²) in [5, 5.41) is 0. The molecule has 1 aromatic heterocycles. The molecule has 0 unspecified atom stereocenters. The summed E-state index contributed by atoms with van der Waals surface area (Å²) in [6, 6.07) is 6.30. The van der Waals surface area contributed by atoms with Crippen molar-refractivity contribution < 1.29 is 43.9 Å². The van der Waals surface area contributed by atoms with Crippen LogP contribution in [0.2, 0.25) is 0 Å². The first-order valence-electron chi connectivity index (χ1n) is 14.1. The van der Waals surface area contributed by atoms with E-state index in [1.165, 1.54) is 49.6 Å². The van der Waals surface area contributed by atoms with Crippen LogP contribution in [0.4, 0.5) is 42.2 Å². The summed E-state index contributed by atoms with van der Waals surface area (Å²) in [5.74, 6) is -0.917. The average Bonchev–Trinajstić information content (AvgIpc) is 2.94. The Morgan fingerprint density at radius 2 is 1.48 bits per heavy atom. The molecular weight excluding hydrogens is 641 g/mol. The number of halogens is 7. The normalized spacial score (nSPS) is 16.9. The number of aromatic nitrogens is 1. The summed E-state index contributed by atoms with van der Waals surface area (Å²) >= 11 is 0. The maximum Gasteiger partial charge on any atom is 0.416 e. The van der Waals surface area contributed by atoms with E-state index < -0.39 is 56.2 Å². The standard InChI is InChI=1S/C31H33F7N4O3S/c1-18-11-23(32)7-8-24(18)25-15-27(41-9-10-42(19(2)17-41)46(6,44)45)39-16-26(25)40(5)28(43)29(3,4)20-12-21(30(33,34)35)14-22(13-20)31(36,37)38/h7-8,11-16,19H,9-10,17H2,1-6H3/t19-/m1/s1. The number of pyridine rings is 1. The highest BCUT2D eigenvalue weighted by Crippen LogP contribution is 2.41. The van der Waals surface area contributed by atoms with Crippen molar-refractivity contribution in [1.82, 2.24) is 9.29 Å². The molecule has 1 saturated heterocycles. The highest BCUT2D eigenvalue weighted by molar-refractivity contribution is 7.88. The van der Waals surface area contributed by atoms with Gasteiger partial charge in [0.2, 0.25) is 15.9 Å². The third-order valence-electron chi connectivity index (χ3n) is 8.17. The highest BCUT2D eigenvalue weighted by atomic mass is 32.2. The number of piperazine rings is 1. The van der Waals surface area contributed by atoms with Crippen LogP contribution in [0.5, 0.6) is 0 Å². The molecule has 0 bridgehead atoms. The molecule has 0 saturated carbocycles. The molecule has 0 aliphatic carbocycles. The van der Waals surface area contributed by atoms with Crippen LogP contribution in [0.25, 0.3) is 11.1 Å². The zero-order chi connectivity index (χ0) is 34.6. The molecule has 1 atom stereocenters. The van der Waals surface area contributed by atoms with Crippen LogP contribution < -0.4 is 9.80 Å². The minimum Gasteiger partial charge on any atom is -0.354 e. The second kappa shape index (κ2) is 12.1. The molecule has 1 amide bonds. The largest absolute Gasteiger partial charge is 0.416 e. The summed E-state index contributed by atoms with van der Waals surface area (Å²) in [6.45, 7) is 6.63. The van der Waals surface area contributed by atoms with E-state index in [-0.39, 0.29) is 24.3 Å². The van der Waals surface area contributed by atoms with Gasteiger partial charge in [-0.1, -0.05) is 6.07 Å². The van der Waals surface area contributed by atoms with Gasteiger partial charge in [0.25, 0.3) is 0 Å². The van der Waals surface area contributed by atoms with Gasteiger partial charge in [0.1, 0.15) is 11.6 Å². The number of carbonyl (C=O) groups is 1. The van der Waals surface area contributed by atoms with E-state index in [0.29, 0.717) is 47.7 Å². The summed E-state index contributed by atoms with van der Waals surface area (Å²) in [6.07, 6.45) is -7.72. The van der Waals surface area contributed by atoms with Crippen molar-refractivity contribution in [2.24, 2.45) is 0 Å². The second-order valence-corrected chi connectivity index (χ2v) is 13.9.